The van der Waals surface area contributed by atoms with Crippen LogP contribution in [0.1, 0.15) is 0 Å². The van der Waals surface area contributed by atoms with Crippen LogP contribution in [0.2, 0.25) is 0 Å². The molecule has 128 valence electrons. The summed E-state index contributed by atoms with van der Waals surface area (Å²) in [5.41, 5.74) is 0. The molecule has 2 saturated carbocycles. The van der Waals surface area contributed by atoms with Crippen LogP contribution in [0.4, 0.5) is 0 Å². The molecule has 0 spiro atoms. The first-order valence-corrected chi connectivity index (χ1v) is 7.14. The van der Waals surface area contributed by atoms with Crippen molar-refractivity contribution in [2.45, 2.75) is 15.5 Å². The van der Waals surface area contributed by atoms with Gasteiger partial charge in [0.05, 0.1) is 14.2 Å². The van der Waals surface area contributed by atoms with Crippen LogP contribution in [-0.4, -0.2) is 67.5 Å². The fourth-order valence-corrected chi connectivity index (χ4v) is 4.83. The number of hydrogen-bond donors (Lipinski definition) is 0. The third kappa shape index (κ3) is 1.64. The molecule has 2 fully saturated rings. The molecule has 0 amide bonds. The summed E-state index contributed by atoms with van der Waals surface area (Å²) in [6.45, 7) is 0. The fourth-order valence-electron chi connectivity index (χ4n) is 3.57. The highest BCUT2D eigenvalue weighted by Gasteiger charge is 2.92. The van der Waals surface area contributed by atoms with Crippen LogP contribution in [0.5, 0.6) is 0 Å². The van der Waals surface area contributed by atoms with Gasteiger partial charge < -0.3 is 18.9 Å². The van der Waals surface area contributed by atoms with Gasteiger partial charge >= 0.3 is 11.9 Å². The zero-order chi connectivity index (χ0) is 17.8. The minimum atomic E-state index is -2.36. The maximum absolute atomic E-state index is 12.4. The van der Waals surface area contributed by atoms with Gasteiger partial charge in [0.2, 0.25) is 17.4 Å². The standard InChI is InChI=1S/C13H14Cl2O8/c1-20-9(18)5-6(10(19)21-2)12(15)8(17)7(16)11(5,14)13(12,22-3)23-4/h5-6H,1-4H3/t5-,6+,11+,12-. The number of fused-ring (bicyclic) bond motifs is 2. The third-order valence-electron chi connectivity index (χ3n) is 4.50. The van der Waals surface area contributed by atoms with Gasteiger partial charge in [-0.1, -0.05) is 0 Å². The first-order chi connectivity index (χ1) is 10.6. The molecule has 0 N–H and O–H groups in total. The zero-order valence-electron chi connectivity index (χ0n) is 12.7. The van der Waals surface area contributed by atoms with E-state index < -0.39 is 50.9 Å². The summed E-state index contributed by atoms with van der Waals surface area (Å²) in [6.07, 6.45) is 0. The Morgan fingerprint density at radius 2 is 1.13 bits per heavy atom. The SMILES string of the molecule is COC(=O)[C@@H]1[C@H](C(=O)OC)[C@]2(Cl)C(=O)C(=O)[C@@]1(Cl)C2(OC)OC. The fraction of sp³-hybridized carbons (Fsp3) is 0.692. The lowest BCUT2D eigenvalue weighted by molar-refractivity contribution is -0.223. The summed E-state index contributed by atoms with van der Waals surface area (Å²) in [6, 6.07) is 0. The van der Waals surface area contributed by atoms with E-state index in [2.05, 4.69) is 9.47 Å². The average molecular weight is 369 g/mol. The smallest absolute Gasteiger partial charge is 0.312 e. The molecule has 0 aromatic heterocycles. The van der Waals surface area contributed by atoms with Crippen molar-refractivity contribution in [1.29, 1.82) is 0 Å². The molecule has 0 unspecified atom stereocenters. The largest absolute Gasteiger partial charge is 0.469 e. The van der Waals surface area contributed by atoms with Gasteiger partial charge in [-0.2, -0.15) is 0 Å². The van der Waals surface area contributed by atoms with Gasteiger partial charge in [0, 0.05) is 14.2 Å². The van der Waals surface area contributed by atoms with Gasteiger partial charge in [-0.25, -0.2) is 0 Å². The molecule has 0 aromatic carbocycles. The van der Waals surface area contributed by atoms with Crippen molar-refractivity contribution < 1.29 is 38.1 Å². The highest BCUT2D eigenvalue weighted by molar-refractivity contribution is 6.67. The van der Waals surface area contributed by atoms with Crippen LogP contribution in [0, 0.1) is 11.8 Å². The van der Waals surface area contributed by atoms with Crippen LogP contribution >= 0.6 is 23.2 Å². The Labute approximate surface area is 141 Å². The topological polar surface area (TPSA) is 105 Å². The van der Waals surface area contributed by atoms with Gasteiger partial charge in [0.15, 0.2) is 9.75 Å². The third-order valence-corrected chi connectivity index (χ3v) is 5.81. The van der Waals surface area contributed by atoms with Crippen molar-refractivity contribution in [2.75, 3.05) is 28.4 Å². The van der Waals surface area contributed by atoms with Gasteiger partial charge in [0.1, 0.15) is 11.8 Å². The van der Waals surface area contributed by atoms with Gasteiger partial charge in [-0.3, -0.25) is 19.2 Å². The van der Waals surface area contributed by atoms with Crippen LogP contribution in [-0.2, 0) is 38.1 Å². The van der Waals surface area contributed by atoms with E-state index in [0.29, 0.717) is 0 Å². The van der Waals surface area contributed by atoms with Crippen LogP contribution in [0.3, 0.4) is 0 Å². The number of esters is 2. The molecule has 0 heterocycles. The highest BCUT2D eigenvalue weighted by atomic mass is 35.5. The molecule has 4 atom stereocenters. The van der Waals surface area contributed by atoms with E-state index in [1.807, 2.05) is 0 Å². The summed E-state index contributed by atoms with van der Waals surface area (Å²) >= 11 is 12.8. The van der Waals surface area contributed by atoms with Crippen LogP contribution < -0.4 is 0 Å². The van der Waals surface area contributed by atoms with Crippen molar-refractivity contribution in [3.8, 4) is 0 Å². The van der Waals surface area contributed by atoms with E-state index in [1.165, 1.54) is 0 Å². The van der Waals surface area contributed by atoms with E-state index in [0.717, 1.165) is 28.4 Å². The number of rotatable bonds is 4. The Morgan fingerprint density at radius 1 is 0.826 bits per heavy atom. The molecule has 2 aliphatic rings. The number of ether oxygens (including phenoxy) is 4. The Bertz CT molecular complexity index is 553. The predicted molar refractivity (Wildman–Crippen MR) is 74.9 cm³/mol. The molecular formula is C13H14Cl2O8. The summed E-state index contributed by atoms with van der Waals surface area (Å²) in [4.78, 5) is 44.6. The van der Waals surface area contributed by atoms with Crippen molar-refractivity contribution in [2.24, 2.45) is 11.8 Å². The first kappa shape index (κ1) is 18.1. The summed E-state index contributed by atoms with van der Waals surface area (Å²) < 4.78 is 19.6. The zero-order valence-corrected chi connectivity index (χ0v) is 14.2. The Morgan fingerprint density at radius 3 is 1.35 bits per heavy atom. The summed E-state index contributed by atoms with van der Waals surface area (Å²) in [5, 5.41) is 0. The second-order valence-electron chi connectivity index (χ2n) is 5.11. The minimum Gasteiger partial charge on any atom is -0.469 e. The molecular weight excluding hydrogens is 355 g/mol. The predicted octanol–water partition coefficient (Wildman–Crippen LogP) is -0.326. The molecule has 23 heavy (non-hydrogen) atoms. The van der Waals surface area contributed by atoms with Crippen LogP contribution in [0.25, 0.3) is 0 Å². The number of hydrogen-bond acceptors (Lipinski definition) is 8. The number of Topliss-reactive ketones (excluding diaryl/α,β-unsaturated/α-hetero) is 2. The highest BCUT2D eigenvalue weighted by Crippen LogP contribution is 2.67. The lowest BCUT2D eigenvalue weighted by Gasteiger charge is -2.37. The number of carbonyl (C=O) groups is 4. The quantitative estimate of drug-likeness (QED) is 0.287. The molecule has 0 saturated heterocycles. The van der Waals surface area contributed by atoms with Crippen LogP contribution in [0.15, 0.2) is 0 Å². The molecule has 0 aliphatic heterocycles. The molecule has 0 aromatic rings. The number of carbonyl (C=O) groups excluding carboxylic acids is 4. The van der Waals surface area contributed by atoms with Gasteiger partial charge in [0.25, 0.3) is 0 Å². The summed E-state index contributed by atoms with van der Waals surface area (Å²) in [5.74, 6) is -9.89. The monoisotopic (exact) mass is 368 g/mol. The maximum atomic E-state index is 12.4. The molecule has 2 bridgehead atoms. The molecule has 0 radical (unpaired) electrons. The van der Waals surface area contributed by atoms with E-state index in [9.17, 15) is 19.2 Å². The van der Waals surface area contributed by atoms with E-state index in [1.54, 1.807) is 0 Å². The molecule has 10 heteroatoms. The number of ketones is 2. The Kier molecular flexibility index (Phi) is 4.26. The Hall–Kier alpha value is -1.22. The van der Waals surface area contributed by atoms with Crippen molar-refractivity contribution >= 4 is 46.7 Å². The lowest BCUT2D eigenvalue weighted by Crippen LogP contribution is -2.58. The minimum absolute atomic E-state index is 1.02. The first-order valence-electron chi connectivity index (χ1n) is 6.38. The summed E-state index contributed by atoms with van der Waals surface area (Å²) in [7, 11) is 4.27. The Balaban J connectivity index is 2.86. The number of halogens is 2. The lowest BCUT2D eigenvalue weighted by atomic mass is 9.77. The molecule has 2 rings (SSSR count). The molecule has 8 nitrogen and oxygen atoms in total. The van der Waals surface area contributed by atoms with Gasteiger partial charge in [-0.05, 0) is 0 Å². The van der Waals surface area contributed by atoms with Crippen molar-refractivity contribution in [3.63, 3.8) is 0 Å². The van der Waals surface area contributed by atoms with Gasteiger partial charge in [-0.15, -0.1) is 23.2 Å². The molecule has 2 aliphatic carbocycles. The number of alkyl halides is 2. The number of methoxy groups -OCH3 is 4. The maximum Gasteiger partial charge on any atom is 0.312 e. The van der Waals surface area contributed by atoms with Crippen molar-refractivity contribution in [3.05, 3.63) is 0 Å². The second-order valence-corrected chi connectivity index (χ2v) is 6.30. The van der Waals surface area contributed by atoms with E-state index in [-0.39, 0.29) is 0 Å². The average Bonchev–Trinajstić information content (AvgIpc) is 2.81. The normalized spacial score (nSPS) is 37.8. The van der Waals surface area contributed by atoms with Crippen molar-refractivity contribution in [1.82, 2.24) is 0 Å². The van der Waals surface area contributed by atoms with E-state index >= 15 is 0 Å². The van der Waals surface area contributed by atoms with E-state index in [4.69, 9.17) is 32.7 Å². The second kappa shape index (κ2) is 5.41.